The van der Waals surface area contributed by atoms with E-state index in [2.05, 4.69) is 20.8 Å². The number of fused-ring (bicyclic) bond motifs is 2. The normalized spacial score (nSPS) is 45.1. The lowest BCUT2D eigenvalue weighted by molar-refractivity contribution is -0.127. The lowest BCUT2D eigenvalue weighted by Gasteiger charge is -2.37. The molecule has 0 aromatic carbocycles. The van der Waals surface area contributed by atoms with Gasteiger partial charge in [-0.1, -0.05) is 20.8 Å². The van der Waals surface area contributed by atoms with Crippen LogP contribution in [0.15, 0.2) is 0 Å². The zero-order chi connectivity index (χ0) is 10.6. The van der Waals surface area contributed by atoms with Crippen molar-refractivity contribution in [3.8, 4) is 0 Å². The van der Waals surface area contributed by atoms with Crippen molar-refractivity contribution in [2.45, 2.75) is 53.4 Å². The van der Waals surface area contributed by atoms with Crippen LogP contribution in [-0.4, -0.2) is 5.78 Å². The number of carbonyl (C=O) groups is 1. The van der Waals surface area contributed by atoms with E-state index in [-0.39, 0.29) is 5.41 Å². The van der Waals surface area contributed by atoms with E-state index in [0.29, 0.717) is 17.1 Å². The molecule has 0 radical (unpaired) electrons. The summed E-state index contributed by atoms with van der Waals surface area (Å²) in [5.74, 6) is 1.90. The highest BCUT2D eigenvalue weighted by molar-refractivity contribution is 5.82. The third-order valence-electron chi connectivity index (χ3n) is 4.68. The average molecular weight is 194 g/mol. The molecular formula is C13H22O. The summed E-state index contributed by atoms with van der Waals surface area (Å²) < 4.78 is 0. The summed E-state index contributed by atoms with van der Waals surface area (Å²) in [6, 6.07) is 0. The van der Waals surface area contributed by atoms with Crippen molar-refractivity contribution >= 4 is 5.78 Å². The van der Waals surface area contributed by atoms with Gasteiger partial charge in [0.25, 0.3) is 0 Å². The van der Waals surface area contributed by atoms with Crippen LogP contribution in [0.5, 0.6) is 0 Å². The summed E-state index contributed by atoms with van der Waals surface area (Å²) in [7, 11) is 0. The molecule has 2 rings (SSSR count). The Labute approximate surface area is 87.3 Å². The van der Waals surface area contributed by atoms with Crippen LogP contribution in [-0.2, 0) is 4.79 Å². The maximum absolute atomic E-state index is 11.7. The standard InChI is InChI=1S/C13H22O/c1-9(14)13(4)7-10-5-11(13)8-12(2,3)6-10/h10-11H,5-8H2,1-4H3. The van der Waals surface area contributed by atoms with Crippen LogP contribution in [0, 0.1) is 22.7 Å². The minimum atomic E-state index is 0.0123. The Balaban J connectivity index is 2.25. The van der Waals surface area contributed by atoms with Crippen LogP contribution in [0.3, 0.4) is 0 Å². The van der Waals surface area contributed by atoms with E-state index in [1.165, 1.54) is 19.3 Å². The van der Waals surface area contributed by atoms with Crippen LogP contribution in [0.25, 0.3) is 0 Å². The molecule has 2 saturated carbocycles. The van der Waals surface area contributed by atoms with Gasteiger partial charge in [0, 0.05) is 5.41 Å². The Bertz CT molecular complexity index is 266. The fourth-order valence-electron chi connectivity index (χ4n) is 3.94. The maximum Gasteiger partial charge on any atom is 0.135 e. The number of hydrogen-bond acceptors (Lipinski definition) is 1. The lowest BCUT2D eigenvalue weighted by atomic mass is 9.67. The van der Waals surface area contributed by atoms with Gasteiger partial charge in [0.2, 0.25) is 0 Å². The predicted molar refractivity (Wildman–Crippen MR) is 58.0 cm³/mol. The van der Waals surface area contributed by atoms with Gasteiger partial charge in [-0.15, -0.1) is 0 Å². The highest BCUT2D eigenvalue weighted by atomic mass is 16.1. The first-order chi connectivity index (χ1) is 6.33. The Hall–Kier alpha value is -0.330. The Kier molecular flexibility index (Phi) is 2.06. The van der Waals surface area contributed by atoms with Crippen molar-refractivity contribution in [2.24, 2.45) is 22.7 Å². The molecule has 14 heavy (non-hydrogen) atoms. The van der Waals surface area contributed by atoms with Gasteiger partial charge in [0.15, 0.2) is 0 Å². The SMILES string of the molecule is CC(=O)C1(C)CC2CC1CC(C)(C)C2. The third-order valence-corrected chi connectivity index (χ3v) is 4.68. The van der Waals surface area contributed by atoms with Gasteiger partial charge in [-0.2, -0.15) is 0 Å². The van der Waals surface area contributed by atoms with Gasteiger partial charge in [0.1, 0.15) is 5.78 Å². The third kappa shape index (κ3) is 1.41. The van der Waals surface area contributed by atoms with E-state index in [1.54, 1.807) is 6.92 Å². The molecule has 0 amide bonds. The summed E-state index contributed by atoms with van der Waals surface area (Å²) in [5.41, 5.74) is 0.485. The number of ketones is 1. The van der Waals surface area contributed by atoms with Gasteiger partial charge in [0.05, 0.1) is 0 Å². The van der Waals surface area contributed by atoms with Gasteiger partial charge in [-0.3, -0.25) is 4.79 Å². The molecule has 1 nitrogen and oxygen atoms in total. The number of hydrogen-bond donors (Lipinski definition) is 0. The molecule has 2 aliphatic carbocycles. The molecule has 0 aromatic heterocycles. The molecule has 2 fully saturated rings. The van der Waals surface area contributed by atoms with E-state index >= 15 is 0 Å². The van der Waals surface area contributed by atoms with Crippen molar-refractivity contribution in [1.29, 1.82) is 0 Å². The number of Topliss-reactive ketones (excluding diaryl/α,β-unsaturated/α-hetero) is 1. The van der Waals surface area contributed by atoms with Gasteiger partial charge >= 0.3 is 0 Å². The minimum absolute atomic E-state index is 0.0123. The molecule has 3 atom stereocenters. The van der Waals surface area contributed by atoms with Crippen LogP contribution in [0.2, 0.25) is 0 Å². The van der Waals surface area contributed by atoms with Crippen molar-refractivity contribution in [3.05, 3.63) is 0 Å². The van der Waals surface area contributed by atoms with Crippen LogP contribution in [0.4, 0.5) is 0 Å². The molecular weight excluding hydrogens is 172 g/mol. The van der Waals surface area contributed by atoms with E-state index in [0.717, 1.165) is 12.3 Å². The molecule has 0 aliphatic heterocycles. The molecule has 3 unspecified atom stereocenters. The van der Waals surface area contributed by atoms with Crippen LogP contribution < -0.4 is 0 Å². The summed E-state index contributed by atoms with van der Waals surface area (Å²) >= 11 is 0. The van der Waals surface area contributed by atoms with E-state index in [9.17, 15) is 4.79 Å². The second-order valence-electron chi connectivity index (χ2n) is 6.55. The fraction of sp³-hybridized carbons (Fsp3) is 0.923. The van der Waals surface area contributed by atoms with Gasteiger partial charge in [-0.05, 0) is 49.9 Å². The summed E-state index contributed by atoms with van der Waals surface area (Å²) in [6.07, 6.45) is 5.03. The molecule has 1 heteroatoms. The van der Waals surface area contributed by atoms with Crippen molar-refractivity contribution in [2.75, 3.05) is 0 Å². The Morgan fingerprint density at radius 1 is 1.14 bits per heavy atom. The first kappa shape index (κ1) is 10.2. The first-order valence-electron chi connectivity index (χ1n) is 5.84. The highest BCUT2D eigenvalue weighted by Gasteiger charge is 2.52. The van der Waals surface area contributed by atoms with E-state index in [1.807, 2.05) is 0 Å². The predicted octanol–water partition coefficient (Wildman–Crippen LogP) is 3.43. The largest absolute Gasteiger partial charge is 0.299 e. The highest BCUT2D eigenvalue weighted by Crippen LogP contribution is 2.58. The summed E-state index contributed by atoms with van der Waals surface area (Å²) in [6.45, 7) is 8.70. The quantitative estimate of drug-likeness (QED) is 0.625. The second kappa shape index (κ2) is 2.84. The number of rotatable bonds is 1. The molecule has 0 aromatic rings. The van der Waals surface area contributed by atoms with Gasteiger partial charge < -0.3 is 0 Å². The van der Waals surface area contributed by atoms with Crippen molar-refractivity contribution in [1.82, 2.24) is 0 Å². The topological polar surface area (TPSA) is 17.1 Å². The molecule has 0 N–H and O–H groups in total. The summed E-state index contributed by atoms with van der Waals surface area (Å²) in [4.78, 5) is 11.7. The minimum Gasteiger partial charge on any atom is -0.299 e. The van der Waals surface area contributed by atoms with Crippen molar-refractivity contribution < 1.29 is 4.79 Å². The molecule has 0 saturated heterocycles. The molecule has 0 spiro atoms. The molecule has 2 bridgehead atoms. The van der Waals surface area contributed by atoms with Crippen molar-refractivity contribution in [3.63, 3.8) is 0 Å². The maximum atomic E-state index is 11.7. The van der Waals surface area contributed by atoms with Crippen LogP contribution >= 0.6 is 0 Å². The fourth-order valence-corrected chi connectivity index (χ4v) is 3.94. The number of carbonyl (C=O) groups excluding carboxylic acids is 1. The smallest absolute Gasteiger partial charge is 0.135 e. The average Bonchev–Trinajstić information content (AvgIpc) is 2.22. The lowest BCUT2D eigenvalue weighted by Crippen LogP contribution is -2.32. The Morgan fingerprint density at radius 3 is 2.36 bits per heavy atom. The molecule has 2 aliphatic rings. The summed E-state index contributed by atoms with van der Waals surface area (Å²) in [5, 5.41) is 0. The first-order valence-corrected chi connectivity index (χ1v) is 5.84. The molecule has 0 heterocycles. The van der Waals surface area contributed by atoms with E-state index < -0.39 is 0 Å². The monoisotopic (exact) mass is 194 g/mol. The Morgan fingerprint density at radius 2 is 1.79 bits per heavy atom. The van der Waals surface area contributed by atoms with E-state index in [4.69, 9.17) is 0 Å². The molecule has 80 valence electrons. The second-order valence-corrected chi connectivity index (χ2v) is 6.55. The zero-order valence-electron chi connectivity index (χ0n) is 9.89. The zero-order valence-corrected chi connectivity index (χ0v) is 9.89. The van der Waals surface area contributed by atoms with Gasteiger partial charge in [-0.25, -0.2) is 0 Å². The van der Waals surface area contributed by atoms with Crippen LogP contribution in [0.1, 0.15) is 53.4 Å².